The summed E-state index contributed by atoms with van der Waals surface area (Å²) < 4.78 is 0. The second-order valence-corrected chi connectivity index (χ2v) is 7.21. The zero-order valence-electron chi connectivity index (χ0n) is 16.4. The molecule has 0 atom stereocenters. The summed E-state index contributed by atoms with van der Waals surface area (Å²) in [6.07, 6.45) is 1.63. The minimum absolute atomic E-state index is 0.334. The molecule has 4 rings (SSSR count). The first kappa shape index (κ1) is 18.6. The smallest absolute Gasteiger partial charge is 0.272 e. The fraction of sp³-hybridized carbons (Fsp3) is 0.125. The van der Waals surface area contributed by atoms with E-state index in [0.717, 1.165) is 27.6 Å². The summed E-state index contributed by atoms with van der Waals surface area (Å²) >= 11 is 0. The Bertz CT molecular complexity index is 1170. The summed E-state index contributed by atoms with van der Waals surface area (Å²) in [6, 6.07) is 24.0. The van der Waals surface area contributed by atoms with Crippen LogP contribution in [0.3, 0.4) is 0 Å². The predicted molar refractivity (Wildman–Crippen MR) is 117 cm³/mol. The number of aromatic amines is 1. The van der Waals surface area contributed by atoms with Crippen LogP contribution < -0.4 is 5.43 Å². The van der Waals surface area contributed by atoms with E-state index >= 15 is 0 Å². The van der Waals surface area contributed by atoms with Gasteiger partial charge in [-0.05, 0) is 33.9 Å². The minimum Gasteiger partial charge on any atom is -0.272 e. The normalized spacial score (nSPS) is 11.4. The zero-order chi connectivity index (χ0) is 20.2. The Labute approximate surface area is 169 Å². The highest BCUT2D eigenvalue weighted by Gasteiger charge is 2.12. The molecule has 0 radical (unpaired) electrons. The highest BCUT2D eigenvalue weighted by atomic mass is 16.2. The quantitative estimate of drug-likeness (QED) is 0.372. The molecule has 2 N–H and O–H groups in total. The molecule has 0 spiro atoms. The van der Waals surface area contributed by atoms with Crippen LogP contribution in [0.1, 0.15) is 41.4 Å². The summed E-state index contributed by atoms with van der Waals surface area (Å²) in [5.74, 6) is 0.149. The third-order valence-electron chi connectivity index (χ3n) is 4.87. The Balaban J connectivity index is 1.47. The van der Waals surface area contributed by atoms with E-state index in [1.54, 1.807) is 12.3 Å². The van der Waals surface area contributed by atoms with E-state index in [1.165, 1.54) is 5.56 Å². The third kappa shape index (κ3) is 4.09. The third-order valence-corrected chi connectivity index (χ3v) is 4.87. The lowest BCUT2D eigenvalue weighted by Gasteiger charge is -2.04. The van der Waals surface area contributed by atoms with Crippen LogP contribution in [0.15, 0.2) is 77.9 Å². The van der Waals surface area contributed by atoms with Crippen molar-refractivity contribution in [3.63, 3.8) is 0 Å². The number of H-pyrrole nitrogens is 1. The first-order valence-electron chi connectivity index (χ1n) is 9.59. The van der Waals surface area contributed by atoms with Gasteiger partial charge in [-0.15, -0.1) is 0 Å². The lowest BCUT2D eigenvalue weighted by molar-refractivity contribution is 0.0950. The SMILES string of the molecule is CC(C)c1ccc(/C=N/NC(=O)c2cc(-c3cccc4ccccc34)n[nH]2)cc1. The number of benzene rings is 3. The molecule has 0 saturated heterocycles. The van der Waals surface area contributed by atoms with Gasteiger partial charge in [0.15, 0.2) is 0 Å². The first-order valence-corrected chi connectivity index (χ1v) is 9.59. The standard InChI is InChI=1S/C24H22N4O/c1-16(2)18-12-10-17(11-13-18)15-25-28-24(29)23-14-22(26-27-23)21-9-5-7-19-6-3-4-8-20(19)21/h3-16H,1-2H3,(H,26,27)(H,28,29)/b25-15+. The number of carbonyl (C=O) groups excluding carboxylic acids is 1. The topological polar surface area (TPSA) is 70.1 Å². The molecule has 29 heavy (non-hydrogen) atoms. The number of amides is 1. The fourth-order valence-corrected chi connectivity index (χ4v) is 3.22. The highest BCUT2D eigenvalue weighted by Crippen LogP contribution is 2.27. The Morgan fingerprint density at radius 3 is 2.59 bits per heavy atom. The molecule has 3 aromatic carbocycles. The number of carbonyl (C=O) groups is 1. The Hall–Kier alpha value is -3.73. The molecule has 1 heterocycles. The minimum atomic E-state index is -0.334. The van der Waals surface area contributed by atoms with Gasteiger partial charge >= 0.3 is 0 Å². The van der Waals surface area contributed by atoms with Crippen LogP contribution in [0.2, 0.25) is 0 Å². The number of rotatable bonds is 5. The summed E-state index contributed by atoms with van der Waals surface area (Å²) in [7, 11) is 0. The predicted octanol–water partition coefficient (Wildman–Crippen LogP) is 5.12. The molecule has 4 aromatic rings. The number of hydrogen-bond donors (Lipinski definition) is 2. The van der Waals surface area contributed by atoms with Gasteiger partial charge in [0.2, 0.25) is 0 Å². The van der Waals surface area contributed by atoms with Gasteiger partial charge in [0.05, 0.1) is 11.9 Å². The molecule has 5 heteroatoms. The van der Waals surface area contributed by atoms with Crippen molar-refractivity contribution in [1.29, 1.82) is 0 Å². The molecule has 5 nitrogen and oxygen atoms in total. The van der Waals surface area contributed by atoms with Gasteiger partial charge in [-0.2, -0.15) is 10.2 Å². The number of nitrogens with zero attached hydrogens (tertiary/aromatic N) is 2. The molecule has 1 amide bonds. The van der Waals surface area contributed by atoms with Gasteiger partial charge in [0.1, 0.15) is 5.69 Å². The second-order valence-electron chi connectivity index (χ2n) is 7.21. The van der Waals surface area contributed by atoms with E-state index in [9.17, 15) is 4.79 Å². The lowest BCUT2D eigenvalue weighted by atomic mass is 10.0. The van der Waals surface area contributed by atoms with Crippen molar-refractivity contribution in [3.8, 4) is 11.3 Å². The van der Waals surface area contributed by atoms with E-state index in [-0.39, 0.29) is 5.91 Å². The number of nitrogens with one attached hydrogen (secondary N) is 2. The van der Waals surface area contributed by atoms with Crippen LogP contribution in [0, 0.1) is 0 Å². The molecule has 1 aromatic heterocycles. The van der Waals surface area contributed by atoms with Gasteiger partial charge in [-0.3, -0.25) is 9.89 Å². The van der Waals surface area contributed by atoms with E-state index in [4.69, 9.17) is 0 Å². The maximum atomic E-state index is 12.4. The molecule has 0 fully saturated rings. The Kier molecular flexibility index (Phi) is 5.20. The van der Waals surface area contributed by atoms with E-state index in [0.29, 0.717) is 11.6 Å². The van der Waals surface area contributed by atoms with Crippen molar-refractivity contribution in [2.24, 2.45) is 5.10 Å². The van der Waals surface area contributed by atoms with Crippen LogP contribution in [0.4, 0.5) is 0 Å². The van der Waals surface area contributed by atoms with Crippen molar-refractivity contribution in [2.75, 3.05) is 0 Å². The molecular weight excluding hydrogens is 360 g/mol. The zero-order valence-corrected chi connectivity index (χ0v) is 16.4. The first-order chi connectivity index (χ1) is 14.1. The largest absolute Gasteiger partial charge is 0.289 e. The van der Waals surface area contributed by atoms with Crippen molar-refractivity contribution in [1.82, 2.24) is 15.6 Å². The summed E-state index contributed by atoms with van der Waals surface area (Å²) in [4.78, 5) is 12.4. The van der Waals surface area contributed by atoms with E-state index in [2.05, 4.69) is 58.8 Å². The number of aromatic nitrogens is 2. The number of hydrazone groups is 1. The highest BCUT2D eigenvalue weighted by molar-refractivity contribution is 5.98. The van der Waals surface area contributed by atoms with E-state index < -0.39 is 0 Å². The van der Waals surface area contributed by atoms with Crippen LogP contribution >= 0.6 is 0 Å². The number of hydrogen-bond acceptors (Lipinski definition) is 3. The lowest BCUT2D eigenvalue weighted by Crippen LogP contribution is -2.18. The molecule has 0 saturated carbocycles. The van der Waals surface area contributed by atoms with Gasteiger partial charge in [0, 0.05) is 5.56 Å². The molecular formula is C24H22N4O. The van der Waals surface area contributed by atoms with Gasteiger partial charge in [-0.1, -0.05) is 80.6 Å². The van der Waals surface area contributed by atoms with E-state index in [1.807, 2.05) is 42.5 Å². The van der Waals surface area contributed by atoms with Crippen LogP contribution in [-0.4, -0.2) is 22.3 Å². The molecule has 0 aliphatic carbocycles. The molecule has 0 bridgehead atoms. The Morgan fingerprint density at radius 1 is 1.03 bits per heavy atom. The van der Waals surface area contributed by atoms with Gasteiger partial charge in [-0.25, -0.2) is 5.43 Å². The molecule has 0 aliphatic rings. The average Bonchev–Trinajstić information content (AvgIpc) is 3.24. The average molecular weight is 382 g/mol. The molecule has 0 aliphatic heterocycles. The maximum Gasteiger partial charge on any atom is 0.289 e. The monoisotopic (exact) mass is 382 g/mol. The maximum absolute atomic E-state index is 12.4. The van der Waals surface area contributed by atoms with Crippen molar-refractivity contribution < 1.29 is 4.79 Å². The van der Waals surface area contributed by atoms with Gasteiger partial charge < -0.3 is 0 Å². The van der Waals surface area contributed by atoms with Crippen LogP contribution in [0.25, 0.3) is 22.0 Å². The van der Waals surface area contributed by atoms with Crippen molar-refractivity contribution >= 4 is 22.9 Å². The fourth-order valence-electron chi connectivity index (χ4n) is 3.22. The van der Waals surface area contributed by atoms with Crippen molar-refractivity contribution in [2.45, 2.75) is 19.8 Å². The second kappa shape index (κ2) is 8.10. The van der Waals surface area contributed by atoms with Crippen LogP contribution in [0.5, 0.6) is 0 Å². The van der Waals surface area contributed by atoms with Gasteiger partial charge in [0.25, 0.3) is 5.91 Å². The molecule has 144 valence electrons. The summed E-state index contributed by atoms with van der Waals surface area (Å²) in [5.41, 5.74) is 6.80. The Morgan fingerprint density at radius 2 is 1.79 bits per heavy atom. The summed E-state index contributed by atoms with van der Waals surface area (Å²) in [5, 5.41) is 13.4. The summed E-state index contributed by atoms with van der Waals surface area (Å²) in [6.45, 7) is 4.31. The van der Waals surface area contributed by atoms with Crippen molar-refractivity contribution in [3.05, 3.63) is 89.6 Å². The van der Waals surface area contributed by atoms with Crippen LogP contribution in [-0.2, 0) is 0 Å². The number of fused-ring (bicyclic) bond motifs is 1. The molecule has 0 unspecified atom stereocenters.